The lowest BCUT2D eigenvalue weighted by Gasteiger charge is -2.22. The van der Waals surface area contributed by atoms with Gasteiger partial charge in [0.1, 0.15) is 17.1 Å². The highest BCUT2D eigenvalue weighted by Crippen LogP contribution is 2.25. The Balaban J connectivity index is 2.39. The summed E-state index contributed by atoms with van der Waals surface area (Å²) < 4.78 is 6.66. The Bertz CT molecular complexity index is 592. The second-order valence-electron chi connectivity index (χ2n) is 4.72. The summed E-state index contributed by atoms with van der Waals surface area (Å²) >= 11 is 5.98. The molecule has 0 radical (unpaired) electrons. The molecule has 0 aliphatic heterocycles. The number of hydrogen-bond donors (Lipinski definition) is 0. The van der Waals surface area contributed by atoms with Crippen LogP contribution in [0.5, 0.6) is 0 Å². The van der Waals surface area contributed by atoms with Gasteiger partial charge in [-0.3, -0.25) is 4.79 Å². The minimum Gasteiger partial charge on any atom is -0.469 e. The first-order chi connectivity index (χ1) is 8.45. The van der Waals surface area contributed by atoms with Gasteiger partial charge in [0.15, 0.2) is 0 Å². The van der Waals surface area contributed by atoms with Crippen molar-refractivity contribution in [2.75, 3.05) is 7.11 Å². The van der Waals surface area contributed by atoms with Crippen LogP contribution in [-0.4, -0.2) is 27.6 Å². The molecule has 2 aromatic rings. The number of fused-ring (bicyclic) bond motifs is 1. The molecule has 0 aromatic carbocycles. The van der Waals surface area contributed by atoms with Crippen LogP contribution in [0, 0.1) is 5.41 Å². The smallest absolute Gasteiger partial charge is 0.313 e. The zero-order chi connectivity index (χ0) is 13.3. The Kier molecular flexibility index (Phi) is 3.26. The summed E-state index contributed by atoms with van der Waals surface area (Å²) in [6.07, 6.45) is 3.25. The normalized spacial score (nSPS) is 11.8. The van der Waals surface area contributed by atoms with Crippen LogP contribution in [-0.2, 0) is 16.1 Å². The molecule has 18 heavy (non-hydrogen) atoms. The van der Waals surface area contributed by atoms with E-state index in [-0.39, 0.29) is 5.97 Å². The average Bonchev–Trinajstić information content (AvgIpc) is 2.72. The number of hydrogen-bond acceptors (Lipinski definition) is 4. The Morgan fingerprint density at radius 3 is 2.89 bits per heavy atom. The molecule has 0 bridgehead atoms. The zero-order valence-corrected chi connectivity index (χ0v) is 11.2. The fourth-order valence-corrected chi connectivity index (χ4v) is 2.06. The van der Waals surface area contributed by atoms with Crippen LogP contribution in [0.25, 0.3) is 11.0 Å². The van der Waals surface area contributed by atoms with Crippen LogP contribution in [0.15, 0.2) is 18.6 Å². The number of carbonyl (C=O) groups excluding carboxylic acids is 1. The Morgan fingerprint density at radius 2 is 2.22 bits per heavy atom. The molecule has 5 nitrogen and oxygen atoms in total. The zero-order valence-electron chi connectivity index (χ0n) is 10.5. The molecular formula is C12H14ClN3O2. The third kappa shape index (κ3) is 2.18. The van der Waals surface area contributed by atoms with Crippen LogP contribution < -0.4 is 0 Å². The molecule has 0 unspecified atom stereocenters. The standard InChI is InChI=1S/C12H14ClN3O2/c1-12(2,11(17)18-3)6-16-5-4-8-9(13)14-7-15-10(8)16/h4-5,7H,6H2,1-3H3. The highest BCUT2D eigenvalue weighted by Gasteiger charge is 2.29. The third-order valence-electron chi connectivity index (χ3n) is 2.81. The molecule has 2 rings (SSSR count). The summed E-state index contributed by atoms with van der Waals surface area (Å²) in [4.78, 5) is 19.8. The molecule has 0 aliphatic carbocycles. The number of rotatable bonds is 3. The summed E-state index contributed by atoms with van der Waals surface area (Å²) in [6, 6.07) is 1.84. The van der Waals surface area contributed by atoms with E-state index in [4.69, 9.17) is 16.3 Å². The van der Waals surface area contributed by atoms with Crippen LogP contribution >= 0.6 is 11.6 Å². The lowest BCUT2D eigenvalue weighted by molar-refractivity contribution is -0.151. The van der Waals surface area contributed by atoms with Gasteiger partial charge in [-0.2, -0.15) is 0 Å². The maximum absolute atomic E-state index is 11.7. The second kappa shape index (κ2) is 4.57. The van der Waals surface area contributed by atoms with Crippen LogP contribution in [0.1, 0.15) is 13.8 Å². The van der Waals surface area contributed by atoms with Crippen LogP contribution in [0.4, 0.5) is 0 Å². The number of ether oxygens (including phenoxy) is 1. The van der Waals surface area contributed by atoms with E-state index < -0.39 is 5.41 Å². The number of halogens is 1. The molecule has 0 atom stereocenters. The number of carbonyl (C=O) groups is 1. The summed E-state index contributed by atoms with van der Waals surface area (Å²) in [5.74, 6) is -0.260. The molecule has 2 heterocycles. The fourth-order valence-electron chi connectivity index (χ4n) is 1.87. The van der Waals surface area contributed by atoms with Gasteiger partial charge in [0.25, 0.3) is 0 Å². The van der Waals surface area contributed by atoms with Crippen molar-refractivity contribution >= 4 is 28.6 Å². The Morgan fingerprint density at radius 1 is 1.50 bits per heavy atom. The molecule has 0 amide bonds. The van der Waals surface area contributed by atoms with Gasteiger partial charge in [0.2, 0.25) is 0 Å². The predicted octanol–water partition coefficient (Wildman–Crippen LogP) is 2.28. The van der Waals surface area contributed by atoms with Crippen molar-refractivity contribution in [3.8, 4) is 0 Å². The number of aromatic nitrogens is 3. The van der Waals surface area contributed by atoms with Crippen molar-refractivity contribution < 1.29 is 9.53 Å². The van der Waals surface area contributed by atoms with Gasteiger partial charge in [0, 0.05) is 12.7 Å². The van der Waals surface area contributed by atoms with E-state index in [1.165, 1.54) is 13.4 Å². The number of nitrogens with zero attached hydrogens (tertiary/aromatic N) is 3. The minimum absolute atomic E-state index is 0.260. The fraction of sp³-hybridized carbons (Fsp3) is 0.417. The second-order valence-corrected chi connectivity index (χ2v) is 5.08. The summed E-state index contributed by atoms with van der Waals surface area (Å²) in [5, 5.41) is 1.19. The van der Waals surface area contributed by atoms with E-state index in [0.717, 1.165) is 5.39 Å². The summed E-state index contributed by atoms with van der Waals surface area (Å²) in [5.41, 5.74) is 0.0879. The molecule has 0 saturated carbocycles. The van der Waals surface area contributed by atoms with Gasteiger partial charge >= 0.3 is 5.97 Å². The quantitative estimate of drug-likeness (QED) is 0.632. The molecule has 0 saturated heterocycles. The van der Waals surface area contributed by atoms with E-state index in [9.17, 15) is 4.79 Å². The molecular weight excluding hydrogens is 254 g/mol. The topological polar surface area (TPSA) is 57.0 Å². The van der Waals surface area contributed by atoms with Gasteiger partial charge in [-0.05, 0) is 19.9 Å². The van der Waals surface area contributed by atoms with Crippen molar-refractivity contribution in [2.45, 2.75) is 20.4 Å². The van der Waals surface area contributed by atoms with Crippen molar-refractivity contribution in [1.82, 2.24) is 14.5 Å². The van der Waals surface area contributed by atoms with Crippen molar-refractivity contribution in [3.05, 3.63) is 23.7 Å². The lowest BCUT2D eigenvalue weighted by atomic mass is 9.94. The molecule has 0 fully saturated rings. The maximum atomic E-state index is 11.7. The Labute approximate surface area is 110 Å². The lowest BCUT2D eigenvalue weighted by Crippen LogP contribution is -2.30. The van der Waals surface area contributed by atoms with E-state index in [2.05, 4.69) is 9.97 Å². The van der Waals surface area contributed by atoms with Crippen molar-refractivity contribution in [2.24, 2.45) is 5.41 Å². The third-order valence-corrected chi connectivity index (χ3v) is 3.11. The van der Waals surface area contributed by atoms with Crippen LogP contribution in [0.2, 0.25) is 5.15 Å². The molecule has 96 valence electrons. The number of methoxy groups -OCH3 is 1. The largest absolute Gasteiger partial charge is 0.469 e. The van der Waals surface area contributed by atoms with Crippen LogP contribution in [0.3, 0.4) is 0 Å². The van der Waals surface area contributed by atoms with Gasteiger partial charge in [0.05, 0.1) is 17.9 Å². The van der Waals surface area contributed by atoms with E-state index in [1.54, 1.807) is 0 Å². The molecule has 0 N–H and O–H groups in total. The predicted molar refractivity (Wildman–Crippen MR) is 68.3 cm³/mol. The van der Waals surface area contributed by atoms with Crippen molar-refractivity contribution in [3.63, 3.8) is 0 Å². The monoisotopic (exact) mass is 267 g/mol. The SMILES string of the molecule is COC(=O)C(C)(C)Cn1ccc2c(Cl)ncnc21. The highest BCUT2D eigenvalue weighted by atomic mass is 35.5. The van der Waals surface area contributed by atoms with Gasteiger partial charge in [-0.15, -0.1) is 0 Å². The molecule has 2 aromatic heterocycles. The van der Waals surface area contributed by atoms with Gasteiger partial charge < -0.3 is 9.30 Å². The van der Waals surface area contributed by atoms with Crippen molar-refractivity contribution in [1.29, 1.82) is 0 Å². The first-order valence-electron chi connectivity index (χ1n) is 5.49. The summed E-state index contributed by atoms with van der Waals surface area (Å²) in [7, 11) is 1.39. The summed E-state index contributed by atoms with van der Waals surface area (Å²) in [6.45, 7) is 4.12. The Hall–Kier alpha value is -1.62. The minimum atomic E-state index is -0.627. The van der Waals surface area contributed by atoms with Gasteiger partial charge in [-0.1, -0.05) is 11.6 Å². The van der Waals surface area contributed by atoms with E-state index >= 15 is 0 Å². The molecule has 0 spiro atoms. The van der Waals surface area contributed by atoms with E-state index in [0.29, 0.717) is 17.3 Å². The maximum Gasteiger partial charge on any atom is 0.313 e. The molecule has 0 aliphatic rings. The van der Waals surface area contributed by atoms with E-state index in [1.807, 2.05) is 30.7 Å². The highest BCUT2D eigenvalue weighted by molar-refractivity contribution is 6.33. The average molecular weight is 268 g/mol. The first kappa shape index (κ1) is 12.8. The molecule has 6 heteroatoms. The number of esters is 1. The first-order valence-corrected chi connectivity index (χ1v) is 5.87. The van der Waals surface area contributed by atoms with Gasteiger partial charge in [-0.25, -0.2) is 9.97 Å².